The van der Waals surface area contributed by atoms with Crippen molar-refractivity contribution in [3.8, 4) is 22.8 Å². The number of aryl methyl sites for hydroxylation is 1. The molecule has 21 heavy (non-hydrogen) atoms. The topological polar surface area (TPSA) is 59.7 Å². The van der Waals surface area contributed by atoms with Crippen molar-refractivity contribution in [3.63, 3.8) is 0 Å². The molecule has 4 heteroatoms. The van der Waals surface area contributed by atoms with Gasteiger partial charge in [0.1, 0.15) is 11.3 Å². The Kier molecular flexibility index (Phi) is 3.14. The van der Waals surface area contributed by atoms with Gasteiger partial charge >= 0.3 is 0 Å². The first-order chi connectivity index (χ1) is 10.1. The van der Waals surface area contributed by atoms with Gasteiger partial charge in [-0.3, -0.25) is 4.79 Å². The van der Waals surface area contributed by atoms with Crippen LogP contribution in [0.5, 0.6) is 11.5 Å². The molecule has 0 radical (unpaired) electrons. The highest BCUT2D eigenvalue weighted by atomic mass is 16.5. The van der Waals surface area contributed by atoms with Gasteiger partial charge in [-0.05, 0) is 31.2 Å². The standard InChI is InChI=1S/C17H14O4/c1-10-7-8-13(20-2)12(9-10)17-16(19)15(18)11-5-3-4-6-14(11)21-17/h3-9,19H,1-2H3. The molecule has 106 valence electrons. The number of hydrogen-bond donors (Lipinski definition) is 1. The van der Waals surface area contributed by atoms with E-state index in [0.29, 0.717) is 22.3 Å². The smallest absolute Gasteiger partial charge is 0.235 e. The number of benzene rings is 2. The molecule has 0 amide bonds. The van der Waals surface area contributed by atoms with Crippen LogP contribution in [-0.4, -0.2) is 12.2 Å². The van der Waals surface area contributed by atoms with Crippen LogP contribution in [-0.2, 0) is 0 Å². The Hall–Kier alpha value is -2.75. The number of hydrogen-bond acceptors (Lipinski definition) is 4. The van der Waals surface area contributed by atoms with Crippen molar-refractivity contribution in [3.05, 3.63) is 58.3 Å². The van der Waals surface area contributed by atoms with E-state index in [1.54, 1.807) is 30.3 Å². The monoisotopic (exact) mass is 282 g/mol. The summed E-state index contributed by atoms with van der Waals surface area (Å²) in [4.78, 5) is 12.3. The van der Waals surface area contributed by atoms with Crippen LogP contribution in [0, 0.1) is 6.92 Å². The van der Waals surface area contributed by atoms with Crippen LogP contribution in [0.15, 0.2) is 51.7 Å². The van der Waals surface area contributed by atoms with Gasteiger partial charge in [-0.25, -0.2) is 0 Å². The highest BCUT2D eigenvalue weighted by Gasteiger charge is 2.18. The van der Waals surface area contributed by atoms with E-state index < -0.39 is 11.2 Å². The Balaban J connectivity index is 2.38. The zero-order valence-corrected chi connectivity index (χ0v) is 11.7. The summed E-state index contributed by atoms with van der Waals surface area (Å²) in [5.74, 6) is 0.256. The van der Waals surface area contributed by atoms with Crippen LogP contribution in [0.25, 0.3) is 22.3 Å². The lowest BCUT2D eigenvalue weighted by atomic mass is 10.1. The number of methoxy groups -OCH3 is 1. The van der Waals surface area contributed by atoms with E-state index in [9.17, 15) is 9.90 Å². The van der Waals surface area contributed by atoms with Gasteiger partial charge in [0.15, 0.2) is 5.76 Å². The molecule has 0 aliphatic rings. The molecule has 0 fully saturated rings. The normalized spacial score (nSPS) is 10.8. The molecule has 0 aliphatic heterocycles. The lowest BCUT2D eigenvalue weighted by Gasteiger charge is -2.10. The van der Waals surface area contributed by atoms with Crippen molar-refractivity contribution in [2.75, 3.05) is 7.11 Å². The number of aromatic hydroxyl groups is 1. The minimum Gasteiger partial charge on any atom is -0.502 e. The van der Waals surface area contributed by atoms with Gasteiger partial charge in [-0.15, -0.1) is 0 Å². The lowest BCUT2D eigenvalue weighted by molar-refractivity contribution is 0.411. The van der Waals surface area contributed by atoms with Crippen LogP contribution < -0.4 is 10.2 Å². The van der Waals surface area contributed by atoms with Crippen molar-refractivity contribution in [2.24, 2.45) is 0 Å². The van der Waals surface area contributed by atoms with Gasteiger partial charge in [-0.1, -0.05) is 23.8 Å². The minimum absolute atomic E-state index is 0.124. The van der Waals surface area contributed by atoms with Gasteiger partial charge in [0.05, 0.1) is 18.1 Å². The van der Waals surface area contributed by atoms with Crippen LogP contribution in [0.1, 0.15) is 5.56 Å². The average Bonchev–Trinajstić information content (AvgIpc) is 2.51. The van der Waals surface area contributed by atoms with Crippen LogP contribution >= 0.6 is 0 Å². The van der Waals surface area contributed by atoms with Gasteiger partial charge in [-0.2, -0.15) is 0 Å². The van der Waals surface area contributed by atoms with Gasteiger partial charge in [0.2, 0.25) is 11.2 Å². The predicted octanol–water partition coefficient (Wildman–Crippen LogP) is 3.48. The molecule has 3 aromatic rings. The second-order valence-corrected chi connectivity index (χ2v) is 4.81. The summed E-state index contributed by atoms with van der Waals surface area (Å²) in [5.41, 5.74) is 1.51. The molecular weight excluding hydrogens is 268 g/mol. The molecule has 0 saturated carbocycles. The third kappa shape index (κ3) is 2.14. The molecule has 1 aromatic heterocycles. The summed E-state index contributed by atoms with van der Waals surface area (Å²) >= 11 is 0. The quantitative estimate of drug-likeness (QED) is 0.781. The summed E-state index contributed by atoms with van der Waals surface area (Å²) in [7, 11) is 1.53. The summed E-state index contributed by atoms with van der Waals surface area (Å²) < 4.78 is 11.0. The molecule has 0 saturated heterocycles. The van der Waals surface area contributed by atoms with Gasteiger partial charge in [0.25, 0.3) is 0 Å². The number of ether oxygens (including phenoxy) is 1. The van der Waals surface area contributed by atoms with Crippen molar-refractivity contribution >= 4 is 11.0 Å². The summed E-state index contributed by atoms with van der Waals surface area (Å²) in [5, 5.41) is 10.6. The van der Waals surface area contributed by atoms with Gasteiger partial charge in [0, 0.05) is 0 Å². The first-order valence-electron chi connectivity index (χ1n) is 6.51. The van der Waals surface area contributed by atoms with E-state index in [4.69, 9.17) is 9.15 Å². The first kappa shape index (κ1) is 13.2. The fourth-order valence-electron chi connectivity index (χ4n) is 2.31. The van der Waals surface area contributed by atoms with E-state index in [-0.39, 0.29) is 5.76 Å². The van der Waals surface area contributed by atoms with Crippen molar-refractivity contribution in [1.29, 1.82) is 0 Å². The second kappa shape index (κ2) is 4.98. The largest absolute Gasteiger partial charge is 0.502 e. The van der Waals surface area contributed by atoms with E-state index in [0.717, 1.165) is 5.56 Å². The third-order valence-electron chi connectivity index (χ3n) is 3.37. The van der Waals surface area contributed by atoms with Crippen LogP contribution in [0.3, 0.4) is 0 Å². The fourth-order valence-corrected chi connectivity index (χ4v) is 2.31. The Morgan fingerprint density at radius 2 is 1.90 bits per heavy atom. The van der Waals surface area contributed by atoms with E-state index in [1.807, 2.05) is 19.1 Å². The lowest BCUT2D eigenvalue weighted by Crippen LogP contribution is -2.03. The molecule has 2 aromatic carbocycles. The molecule has 0 atom stereocenters. The minimum atomic E-state index is -0.449. The highest BCUT2D eigenvalue weighted by Crippen LogP contribution is 2.36. The number of para-hydroxylation sites is 1. The summed E-state index contributed by atoms with van der Waals surface area (Å²) in [6, 6.07) is 12.3. The van der Waals surface area contributed by atoms with Crippen LogP contribution in [0.4, 0.5) is 0 Å². The highest BCUT2D eigenvalue weighted by molar-refractivity contribution is 5.83. The van der Waals surface area contributed by atoms with Crippen molar-refractivity contribution < 1.29 is 14.3 Å². The molecule has 1 heterocycles. The van der Waals surface area contributed by atoms with E-state index in [2.05, 4.69) is 0 Å². The molecule has 3 rings (SSSR count). The predicted molar refractivity (Wildman–Crippen MR) is 80.9 cm³/mol. The second-order valence-electron chi connectivity index (χ2n) is 4.81. The maximum atomic E-state index is 12.3. The molecule has 4 nitrogen and oxygen atoms in total. The maximum Gasteiger partial charge on any atom is 0.235 e. The van der Waals surface area contributed by atoms with Crippen LogP contribution in [0.2, 0.25) is 0 Å². The van der Waals surface area contributed by atoms with Crippen molar-refractivity contribution in [2.45, 2.75) is 6.92 Å². The average molecular weight is 282 g/mol. The molecule has 0 aliphatic carbocycles. The molecule has 1 N–H and O–H groups in total. The third-order valence-corrected chi connectivity index (χ3v) is 3.37. The Labute approximate surface area is 121 Å². The molecule has 0 unspecified atom stereocenters. The fraction of sp³-hybridized carbons (Fsp3) is 0.118. The first-order valence-corrected chi connectivity index (χ1v) is 6.51. The summed E-state index contributed by atoms with van der Waals surface area (Å²) in [6.07, 6.45) is 0. The SMILES string of the molecule is COc1ccc(C)cc1-c1oc2ccccc2c(=O)c1O. The van der Waals surface area contributed by atoms with Gasteiger partial charge < -0.3 is 14.3 Å². The number of fused-ring (bicyclic) bond motifs is 1. The molecule has 0 bridgehead atoms. The van der Waals surface area contributed by atoms with E-state index in [1.165, 1.54) is 7.11 Å². The zero-order valence-electron chi connectivity index (χ0n) is 11.7. The van der Waals surface area contributed by atoms with Crippen molar-refractivity contribution in [1.82, 2.24) is 0 Å². The molecular formula is C17H14O4. The summed E-state index contributed by atoms with van der Waals surface area (Å²) in [6.45, 7) is 1.92. The Morgan fingerprint density at radius 1 is 1.14 bits per heavy atom. The number of rotatable bonds is 2. The van der Waals surface area contributed by atoms with E-state index >= 15 is 0 Å². The molecule has 0 spiro atoms. The zero-order chi connectivity index (χ0) is 15.0. The maximum absolute atomic E-state index is 12.3. The Bertz CT molecular complexity index is 878. The Morgan fingerprint density at radius 3 is 2.67 bits per heavy atom.